The smallest absolute Gasteiger partial charge is 0.294 e. The van der Waals surface area contributed by atoms with Crippen molar-refractivity contribution in [3.8, 4) is 11.5 Å². The standard InChI is InChI=1S/C23H17ClN6O4S/c1-13-5-10-18-19(11-13)34-20(27-18)14-6-8-15(9-7-14)25-22-28-21(24)29-23(30-22)26-16-3-2-4-17(12-16)35(31,32)33/h2-12H,1H3,(H,31,32,33)(H2,25,26,28,29,30). The molecule has 0 aliphatic rings. The second-order valence-electron chi connectivity index (χ2n) is 7.57. The van der Waals surface area contributed by atoms with Crippen molar-refractivity contribution in [2.45, 2.75) is 11.8 Å². The molecule has 0 atom stereocenters. The Hall–Kier alpha value is -4.06. The number of fused-ring (bicyclic) bond motifs is 1. The molecular weight excluding hydrogens is 492 g/mol. The van der Waals surface area contributed by atoms with Gasteiger partial charge in [-0.25, -0.2) is 4.98 Å². The quantitative estimate of drug-likeness (QED) is 0.256. The van der Waals surface area contributed by atoms with E-state index in [4.69, 9.17) is 16.0 Å². The molecule has 0 spiro atoms. The van der Waals surface area contributed by atoms with Gasteiger partial charge in [0, 0.05) is 16.9 Å². The van der Waals surface area contributed by atoms with Gasteiger partial charge in [0.1, 0.15) is 5.52 Å². The fraction of sp³-hybridized carbons (Fsp3) is 0.0435. The van der Waals surface area contributed by atoms with Crippen molar-refractivity contribution < 1.29 is 17.4 Å². The zero-order valence-corrected chi connectivity index (χ0v) is 19.7. The van der Waals surface area contributed by atoms with Crippen molar-refractivity contribution in [1.82, 2.24) is 19.9 Å². The molecule has 5 rings (SSSR count). The highest BCUT2D eigenvalue weighted by molar-refractivity contribution is 7.85. The van der Waals surface area contributed by atoms with Gasteiger partial charge in [-0.15, -0.1) is 0 Å². The van der Waals surface area contributed by atoms with Crippen LogP contribution in [-0.4, -0.2) is 32.9 Å². The highest BCUT2D eigenvalue weighted by Gasteiger charge is 2.12. The van der Waals surface area contributed by atoms with Crippen molar-refractivity contribution in [1.29, 1.82) is 0 Å². The summed E-state index contributed by atoms with van der Waals surface area (Å²) in [7, 11) is -4.35. The van der Waals surface area contributed by atoms with Crippen LogP contribution >= 0.6 is 11.6 Å². The molecule has 0 saturated carbocycles. The highest BCUT2D eigenvalue weighted by atomic mass is 35.5. The first-order chi connectivity index (χ1) is 16.7. The molecule has 0 aliphatic carbocycles. The van der Waals surface area contributed by atoms with E-state index in [1.807, 2.05) is 49.4 Å². The zero-order valence-electron chi connectivity index (χ0n) is 18.1. The third-order valence-corrected chi connectivity index (χ3v) is 5.95. The molecular formula is C23H17ClN6O4S. The minimum atomic E-state index is -4.35. The molecule has 3 N–H and O–H groups in total. The number of oxazole rings is 1. The first kappa shape index (κ1) is 22.7. The monoisotopic (exact) mass is 508 g/mol. The molecule has 0 fully saturated rings. The molecule has 0 saturated heterocycles. The molecule has 0 aliphatic heterocycles. The van der Waals surface area contributed by atoms with Gasteiger partial charge in [0.2, 0.25) is 23.1 Å². The van der Waals surface area contributed by atoms with E-state index in [0.29, 0.717) is 17.3 Å². The Balaban J connectivity index is 1.35. The van der Waals surface area contributed by atoms with Crippen molar-refractivity contribution >= 4 is 56.1 Å². The first-order valence-corrected chi connectivity index (χ1v) is 12.1. The SMILES string of the molecule is Cc1ccc2nc(-c3ccc(Nc4nc(Cl)nc(Nc5cccc(S(=O)(=O)O)c5)n4)cc3)oc2c1. The average molecular weight is 509 g/mol. The summed E-state index contributed by atoms with van der Waals surface area (Å²) in [5.41, 5.74) is 4.43. The van der Waals surface area contributed by atoms with E-state index in [1.165, 1.54) is 18.2 Å². The third kappa shape index (κ3) is 5.22. The van der Waals surface area contributed by atoms with E-state index in [1.54, 1.807) is 6.07 Å². The summed E-state index contributed by atoms with van der Waals surface area (Å²) in [6.07, 6.45) is 0. The summed E-state index contributed by atoms with van der Waals surface area (Å²) in [5, 5.41) is 5.82. The fourth-order valence-corrected chi connectivity index (χ4v) is 3.99. The molecule has 0 radical (unpaired) electrons. The average Bonchev–Trinajstić information content (AvgIpc) is 3.22. The second-order valence-corrected chi connectivity index (χ2v) is 9.33. The molecule has 0 amide bonds. The number of aryl methyl sites for hydroxylation is 1. The summed E-state index contributed by atoms with van der Waals surface area (Å²) in [4.78, 5) is 16.6. The summed E-state index contributed by atoms with van der Waals surface area (Å²) >= 11 is 6.04. The van der Waals surface area contributed by atoms with Crippen LogP contribution in [0.4, 0.5) is 23.3 Å². The van der Waals surface area contributed by atoms with Crippen molar-refractivity contribution in [2.24, 2.45) is 0 Å². The van der Waals surface area contributed by atoms with E-state index in [-0.39, 0.29) is 22.1 Å². The van der Waals surface area contributed by atoms with E-state index < -0.39 is 10.1 Å². The predicted octanol–water partition coefficient (Wildman–Crippen LogP) is 5.38. The molecule has 176 valence electrons. The Labute approximate surface area is 204 Å². The molecule has 2 heterocycles. The minimum absolute atomic E-state index is 0.0747. The molecule has 0 bridgehead atoms. The second kappa shape index (κ2) is 8.95. The number of rotatable bonds is 6. The predicted molar refractivity (Wildman–Crippen MR) is 132 cm³/mol. The number of nitrogens with one attached hydrogen (secondary N) is 2. The number of aromatic nitrogens is 4. The van der Waals surface area contributed by atoms with E-state index in [9.17, 15) is 13.0 Å². The van der Waals surface area contributed by atoms with Gasteiger partial charge in [-0.3, -0.25) is 4.55 Å². The lowest BCUT2D eigenvalue weighted by Gasteiger charge is -2.09. The number of benzene rings is 3. The lowest BCUT2D eigenvalue weighted by atomic mass is 10.2. The molecule has 10 nitrogen and oxygen atoms in total. The van der Waals surface area contributed by atoms with Gasteiger partial charge < -0.3 is 15.1 Å². The maximum Gasteiger partial charge on any atom is 0.294 e. The number of anilines is 4. The van der Waals surface area contributed by atoms with Gasteiger partial charge in [-0.05, 0) is 78.7 Å². The Bertz CT molecular complexity index is 1660. The fourth-order valence-electron chi connectivity index (χ4n) is 3.31. The summed E-state index contributed by atoms with van der Waals surface area (Å²) in [6, 6.07) is 18.7. The van der Waals surface area contributed by atoms with Gasteiger partial charge >= 0.3 is 0 Å². The van der Waals surface area contributed by atoms with E-state index >= 15 is 0 Å². The molecule has 12 heteroatoms. The summed E-state index contributed by atoms with van der Waals surface area (Å²) in [6.45, 7) is 1.99. The van der Waals surface area contributed by atoms with Crippen molar-refractivity contribution in [2.75, 3.05) is 10.6 Å². The number of nitrogens with zero attached hydrogens (tertiary/aromatic N) is 4. The molecule has 0 unspecified atom stereocenters. The van der Waals surface area contributed by atoms with Crippen molar-refractivity contribution in [3.63, 3.8) is 0 Å². The van der Waals surface area contributed by atoms with Gasteiger partial charge in [-0.1, -0.05) is 12.1 Å². The Morgan fingerprint density at radius 1 is 0.857 bits per heavy atom. The molecule has 2 aromatic heterocycles. The maximum absolute atomic E-state index is 11.4. The number of halogens is 1. The topological polar surface area (TPSA) is 143 Å². The Morgan fingerprint density at radius 3 is 2.29 bits per heavy atom. The zero-order chi connectivity index (χ0) is 24.6. The molecule has 5 aromatic rings. The molecule has 3 aromatic carbocycles. The Kier molecular flexibility index (Phi) is 5.81. The van der Waals surface area contributed by atoms with Crippen LogP contribution in [0, 0.1) is 6.92 Å². The van der Waals surface area contributed by atoms with Crippen LogP contribution in [-0.2, 0) is 10.1 Å². The van der Waals surface area contributed by atoms with Crippen LogP contribution in [0.1, 0.15) is 5.56 Å². The maximum atomic E-state index is 11.4. The molecule has 35 heavy (non-hydrogen) atoms. The van der Waals surface area contributed by atoms with Crippen LogP contribution in [0.2, 0.25) is 5.28 Å². The van der Waals surface area contributed by atoms with Gasteiger partial charge in [0.25, 0.3) is 10.1 Å². The summed E-state index contributed by atoms with van der Waals surface area (Å²) in [5.74, 6) is 0.765. The van der Waals surface area contributed by atoms with Crippen molar-refractivity contribution in [3.05, 3.63) is 77.6 Å². The van der Waals surface area contributed by atoms with Crippen LogP contribution in [0.15, 0.2) is 76.0 Å². The van der Waals surface area contributed by atoms with Crippen LogP contribution in [0.5, 0.6) is 0 Å². The van der Waals surface area contributed by atoms with Gasteiger partial charge in [0.15, 0.2) is 5.58 Å². The van der Waals surface area contributed by atoms with E-state index in [2.05, 4.69) is 30.6 Å². The third-order valence-electron chi connectivity index (χ3n) is 4.93. The number of hydrogen-bond donors (Lipinski definition) is 3. The minimum Gasteiger partial charge on any atom is -0.436 e. The normalized spacial score (nSPS) is 11.5. The first-order valence-electron chi connectivity index (χ1n) is 10.2. The summed E-state index contributed by atoms with van der Waals surface area (Å²) < 4.78 is 37.8. The largest absolute Gasteiger partial charge is 0.436 e. The van der Waals surface area contributed by atoms with Gasteiger partial charge in [-0.2, -0.15) is 23.4 Å². The van der Waals surface area contributed by atoms with Crippen LogP contribution in [0.25, 0.3) is 22.6 Å². The van der Waals surface area contributed by atoms with Crippen LogP contribution in [0.3, 0.4) is 0 Å². The number of hydrogen-bond acceptors (Lipinski definition) is 9. The Morgan fingerprint density at radius 2 is 1.57 bits per heavy atom. The van der Waals surface area contributed by atoms with Crippen LogP contribution < -0.4 is 10.6 Å². The highest BCUT2D eigenvalue weighted by Crippen LogP contribution is 2.27. The van der Waals surface area contributed by atoms with E-state index in [0.717, 1.165) is 22.2 Å². The lowest BCUT2D eigenvalue weighted by Crippen LogP contribution is -2.05. The lowest BCUT2D eigenvalue weighted by molar-refractivity contribution is 0.483. The van der Waals surface area contributed by atoms with Gasteiger partial charge in [0.05, 0.1) is 4.90 Å².